The zero-order valence-corrected chi connectivity index (χ0v) is 16.7. The lowest BCUT2D eigenvalue weighted by atomic mass is 10.2. The summed E-state index contributed by atoms with van der Waals surface area (Å²) in [5.74, 6) is 0.233. The third-order valence-corrected chi connectivity index (χ3v) is 5.04. The predicted molar refractivity (Wildman–Crippen MR) is 105 cm³/mol. The highest BCUT2D eigenvalue weighted by Crippen LogP contribution is 2.27. The lowest BCUT2D eigenvalue weighted by molar-refractivity contribution is 0.286. The summed E-state index contributed by atoms with van der Waals surface area (Å²) in [7, 11) is 2.44. The molecule has 1 fully saturated rings. The topological polar surface area (TPSA) is 47.4 Å². The second-order valence-corrected chi connectivity index (χ2v) is 7.68. The molecule has 0 radical (unpaired) electrons. The summed E-state index contributed by atoms with van der Waals surface area (Å²) in [5, 5.41) is 0.669. The molecule has 0 amide bonds. The molecule has 1 unspecified atom stereocenters. The van der Waals surface area contributed by atoms with Crippen LogP contribution in [-0.2, 0) is 6.61 Å². The average Bonchev–Trinajstić information content (AvgIpc) is 3.11. The van der Waals surface area contributed by atoms with Gasteiger partial charge in [-0.2, -0.15) is 4.98 Å². The molecule has 1 aromatic carbocycles. The molecule has 1 saturated heterocycles. The van der Waals surface area contributed by atoms with Crippen LogP contribution < -0.4 is 20.5 Å². The molecule has 2 heterocycles. The maximum absolute atomic E-state index is 14.0. The fourth-order valence-corrected chi connectivity index (χ4v) is 3.44. The van der Waals surface area contributed by atoms with Crippen LogP contribution in [0.25, 0.3) is 0 Å². The predicted octanol–water partition coefficient (Wildman–Crippen LogP) is 3.30. The fourth-order valence-electron chi connectivity index (χ4n) is 3.01. The molecule has 0 spiro atoms. The zero-order valence-electron chi connectivity index (χ0n) is 14.8. The second kappa shape index (κ2) is 7.93. The van der Waals surface area contributed by atoms with E-state index < -0.39 is 0 Å². The van der Waals surface area contributed by atoms with Crippen LogP contribution in [0.2, 0.25) is 5.02 Å². The van der Waals surface area contributed by atoms with Crippen molar-refractivity contribution < 1.29 is 9.13 Å². The molecule has 0 saturated carbocycles. The molecule has 8 heteroatoms. The van der Waals surface area contributed by atoms with Gasteiger partial charge in [0.2, 0.25) is 11.8 Å². The number of rotatable bonds is 5. The number of hydrogen-bond acceptors (Lipinski definition) is 4. The Bertz CT molecular complexity index is 866. The molecule has 26 heavy (non-hydrogen) atoms. The summed E-state index contributed by atoms with van der Waals surface area (Å²) in [6, 6.07) is 4.74. The number of benzene rings is 1. The first-order valence-electron chi connectivity index (χ1n) is 8.62. The smallest absolute Gasteiger partial charge is 0.277 e. The Balaban J connectivity index is 1.95. The van der Waals surface area contributed by atoms with Crippen molar-refractivity contribution in [3.05, 3.63) is 45.0 Å². The lowest BCUT2D eigenvalue weighted by Crippen LogP contribution is -2.32. The van der Waals surface area contributed by atoms with E-state index in [2.05, 4.69) is 19.1 Å². The van der Waals surface area contributed by atoms with Gasteiger partial charge in [-0.25, -0.2) is 4.39 Å². The molecule has 0 bridgehead atoms. The van der Waals surface area contributed by atoms with Crippen LogP contribution in [-0.4, -0.2) is 22.6 Å². The minimum atomic E-state index is -0.371. The van der Waals surface area contributed by atoms with Crippen molar-refractivity contribution in [3.8, 4) is 5.88 Å². The Labute approximate surface area is 159 Å². The van der Waals surface area contributed by atoms with Gasteiger partial charge in [0.25, 0.3) is 5.56 Å². The molecular formula is C18H22ClFN3O2P. The van der Waals surface area contributed by atoms with E-state index in [1.165, 1.54) is 6.07 Å². The summed E-state index contributed by atoms with van der Waals surface area (Å²) in [4.78, 5) is 19.3. The standard InChI is InChI=1S/C18H22ClFN3O2P/c1-11(2)23-17(24)15(19)16(21-18(23)22-7-3-4-8-22)25-10-12-5-6-13(26)9-14(12)20/h5-6,9,11H,3-4,7-8,10,26H2,1-2H3. The first-order valence-corrected chi connectivity index (χ1v) is 9.57. The van der Waals surface area contributed by atoms with Crippen LogP contribution in [0.5, 0.6) is 5.88 Å². The van der Waals surface area contributed by atoms with Crippen LogP contribution in [0.15, 0.2) is 23.0 Å². The maximum atomic E-state index is 14.0. The van der Waals surface area contributed by atoms with Crippen molar-refractivity contribution >= 4 is 32.1 Å². The molecule has 1 aliphatic heterocycles. The molecule has 140 valence electrons. The highest BCUT2D eigenvalue weighted by Gasteiger charge is 2.24. The molecule has 0 aliphatic carbocycles. The quantitative estimate of drug-likeness (QED) is 0.726. The highest BCUT2D eigenvalue weighted by molar-refractivity contribution is 7.27. The monoisotopic (exact) mass is 397 g/mol. The number of hydrogen-bond donors (Lipinski definition) is 0. The van der Waals surface area contributed by atoms with E-state index in [9.17, 15) is 9.18 Å². The van der Waals surface area contributed by atoms with Crippen molar-refractivity contribution in [1.29, 1.82) is 0 Å². The van der Waals surface area contributed by atoms with Gasteiger partial charge in [-0.3, -0.25) is 9.36 Å². The Morgan fingerprint density at radius 3 is 2.65 bits per heavy atom. The van der Waals surface area contributed by atoms with Gasteiger partial charge >= 0.3 is 0 Å². The minimum absolute atomic E-state index is 0.0461. The number of anilines is 1. The SMILES string of the molecule is CC(C)n1c(N2CCCC2)nc(OCc2ccc(P)cc2F)c(Cl)c1=O. The van der Waals surface area contributed by atoms with E-state index >= 15 is 0 Å². The van der Waals surface area contributed by atoms with Gasteiger partial charge in [0.1, 0.15) is 12.4 Å². The number of nitrogens with zero attached hydrogens (tertiary/aromatic N) is 3. The van der Waals surface area contributed by atoms with E-state index in [1.54, 1.807) is 16.7 Å². The van der Waals surface area contributed by atoms with Gasteiger partial charge in [0, 0.05) is 24.7 Å². The molecule has 2 aromatic rings. The average molecular weight is 398 g/mol. The third-order valence-electron chi connectivity index (χ3n) is 4.36. The highest BCUT2D eigenvalue weighted by atomic mass is 35.5. The number of halogens is 2. The third kappa shape index (κ3) is 3.86. The lowest BCUT2D eigenvalue weighted by Gasteiger charge is -2.24. The Morgan fingerprint density at radius 2 is 2.04 bits per heavy atom. The van der Waals surface area contributed by atoms with Crippen LogP contribution in [0.4, 0.5) is 10.3 Å². The van der Waals surface area contributed by atoms with Crippen molar-refractivity contribution in [2.24, 2.45) is 0 Å². The molecular weight excluding hydrogens is 376 g/mol. The zero-order chi connectivity index (χ0) is 18.8. The van der Waals surface area contributed by atoms with E-state index in [0.29, 0.717) is 11.5 Å². The van der Waals surface area contributed by atoms with Crippen molar-refractivity contribution in [1.82, 2.24) is 9.55 Å². The van der Waals surface area contributed by atoms with Gasteiger partial charge in [0.15, 0.2) is 5.02 Å². The summed E-state index contributed by atoms with van der Waals surface area (Å²) in [6.07, 6.45) is 2.11. The van der Waals surface area contributed by atoms with Crippen LogP contribution in [0.3, 0.4) is 0 Å². The number of ether oxygens (including phenoxy) is 1. The normalized spacial score (nSPS) is 14.3. The van der Waals surface area contributed by atoms with Gasteiger partial charge in [-0.1, -0.05) is 23.7 Å². The maximum Gasteiger partial charge on any atom is 0.277 e. The molecule has 5 nitrogen and oxygen atoms in total. The van der Waals surface area contributed by atoms with Gasteiger partial charge in [-0.15, -0.1) is 9.24 Å². The van der Waals surface area contributed by atoms with Gasteiger partial charge < -0.3 is 9.64 Å². The molecule has 3 rings (SSSR count). The van der Waals surface area contributed by atoms with Crippen LogP contribution >= 0.6 is 20.8 Å². The van der Waals surface area contributed by atoms with Crippen molar-refractivity contribution in [3.63, 3.8) is 0 Å². The molecule has 0 N–H and O–H groups in total. The minimum Gasteiger partial charge on any atom is -0.471 e. The number of aromatic nitrogens is 2. The first kappa shape index (κ1) is 19.1. The first-order chi connectivity index (χ1) is 12.4. The molecule has 1 atom stereocenters. The van der Waals surface area contributed by atoms with E-state index in [1.807, 2.05) is 13.8 Å². The van der Waals surface area contributed by atoms with Crippen molar-refractivity contribution in [2.45, 2.75) is 39.3 Å². The second-order valence-electron chi connectivity index (χ2n) is 6.63. The van der Waals surface area contributed by atoms with Gasteiger partial charge in [0.05, 0.1) is 0 Å². The Morgan fingerprint density at radius 1 is 1.35 bits per heavy atom. The van der Waals surface area contributed by atoms with Crippen LogP contribution in [0.1, 0.15) is 38.3 Å². The molecule has 1 aliphatic rings. The van der Waals surface area contributed by atoms with Crippen molar-refractivity contribution in [2.75, 3.05) is 18.0 Å². The molecule has 1 aromatic heterocycles. The summed E-state index contributed by atoms with van der Waals surface area (Å²) >= 11 is 6.22. The van der Waals surface area contributed by atoms with E-state index in [4.69, 9.17) is 16.3 Å². The summed E-state index contributed by atoms with van der Waals surface area (Å²) in [5.41, 5.74) is 0.0409. The van der Waals surface area contributed by atoms with Gasteiger partial charge in [-0.05, 0) is 38.1 Å². The van der Waals surface area contributed by atoms with Crippen LogP contribution in [0, 0.1) is 5.82 Å². The fraction of sp³-hybridized carbons (Fsp3) is 0.444. The Hall–Kier alpha value is -1.65. The van der Waals surface area contributed by atoms with E-state index in [0.717, 1.165) is 31.2 Å². The largest absolute Gasteiger partial charge is 0.471 e. The summed E-state index contributed by atoms with van der Waals surface area (Å²) < 4.78 is 21.2. The summed E-state index contributed by atoms with van der Waals surface area (Å²) in [6.45, 7) is 5.46. The Kier molecular flexibility index (Phi) is 5.83. The van der Waals surface area contributed by atoms with E-state index in [-0.39, 0.29) is 34.9 Å².